The fourth-order valence-electron chi connectivity index (χ4n) is 2.48. The zero-order valence-corrected chi connectivity index (χ0v) is 15.0. The number of rotatable bonds is 4. The topological polar surface area (TPSA) is 125 Å². The summed E-state index contributed by atoms with van der Waals surface area (Å²) >= 11 is 6.38. The number of imidazole rings is 1. The number of H-pyrrole nitrogens is 1. The Bertz CT molecular complexity index is 994. The van der Waals surface area contributed by atoms with Crippen LogP contribution in [0.2, 0.25) is 0 Å². The second kappa shape index (κ2) is 6.14. The van der Waals surface area contributed by atoms with E-state index in [2.05, 4.69) is 9.97 Å². The van der Waals surface area contributed by atoms with Crippen LogP contribution in [-0.4, -0.2) is 19.8 Å². The Morgan fingerprint density at radius 3 is 2.64 bits per heavy atom. The summed E-state index contributed by atoms with van der Waals surface area (Å²) in [6.45, 7) is 3.79. The minimum absolute atomic E-state index is 0.0320. The summed E-state index contributed by atoms with van der Waals surface area (Å²) in [6, 6.07) is 3.78. The first-order valence-electron chi connectivity index (χ1n) is 7.37. The molecule has 0 spiro atoms. The van der Waals surface area contributed by atoms with E-state index in [0.29, 0.717) is 11.1 Å². The van der Waals surface area contributed by atoms with Gasteiger partial charge in [-0.15, -0.1) is 11.6 Å². The average molecular weight is 388 g/mol. The quantitative estimate of drug-likeness (QED) is 0.309. The van der Waals surface area contributed by atoms with Gasteiger partial charge in [-0.2, -0.15) is 0 Å². The number of furan rings is 1. The van der Waals surface area contributed by atoms with Crippen LogP contribution in [0.3, 0.4) is 0 Å². The predicted octanol–water partition coefficient (Wildman–Crippen LogP) is 3.28. The lowest BCUT2D eigenvalue weighted by Gasteiger charge is -2.15. The minimum Gasteiger partial charge on any atom is -0.445 e. The molecule has 2 aromatic heterocycles. The third-order valence-electron chi connectivity index (χ3n) is 3.78. The SMILES string of the molecule is CC(C)C(Cl)c1cc(F)c(N)c2nc(-c3ccc(P(=O)(O)O)o3)[nH]c12. The monoisotopic (exact) mass is 387 g/mol. The molecule has 5 N–H and O–H groups in total. The van der Waals surface area contributed by atoms with E-state index < -0.39 is 24.3 Å². The van der Waals surface area contributed by atoms with E-state index in [1.807, 2.05) is 13.8 Å². The number of hydrogen-bond acceptors (Lipinski definition) is 4. The number of anilines is 1. The van der Waals surface area contributed by atoms with Crippen LogP contribution < -0.4 is 11.2 Å². The number of aromatic amines is 1. The van der Waals surface area contributed by atoms with Gasteiger partial charge in [0, 0.05) is 0 Å². The van der Waals surface area contributed by atoms with Crippen LogP contribution in [0.25, 0.3) is 22.6 Å². The molecule has 3 aromatic rings. The molecule has 2 heterocycles. The summed E-state index contributed by atoms with van der Waals surface area (Å²) in [4.78, 5) is 25.5. The van der Waals surface area contributed by atoms with Gasteiger partial charge >= 0.3 is 7.60 Å². The summed E-state index contributed by atoms with van der Waals surface area (Å²) < 4.78 is 30.5. The molecule has 10 heteroatoms. The summed E-state index contributed by atoms with van der Waals surface area (Å²) in [6.07, 6.45) is 0. The summed E-state index contributed by atoms with van der Waals surface area (Å²) in [5.74, 6) is -0.344. The Morgan fingerprint density at radius 1 is 1.40 bits per heavy atom. The molecule has 7 nitrogen and oxygen atoms in total. The molecule has 0 saturated heterocycles. The Kier molecular flexibility index (Phi) is 4.41. The maximum atomic E-state index is 14.1. The molecule has 0 aliphatic heterocycles. The van der Waals surface area contributed by atoms with Gasteiger partial charge in [0.2, 0.25) is 5.50 Å². The predicted molar refractivity (Wildman–Crippen MR) is 93.3 cm³/mol. The van der Waals surface area contributed by atoms with Crippen molar-refractivity contribution in [1.82, 2.24) is 9.97 Å². The number of fused-ring (bicyclic) bond motifs is 1. The maximum absolute atomic E-state index is 14.1. The average Bonchev–Trinajstić information content (AvgIpc) is 3.15. The number of aromatic nitrogens is 2. The van der Waals surface area contributed by atoms with Gasteiger partial charge in [0.05, 0.1) is 16.6 Å². The molecule has 1 aromatic carbocycles. The zero-order chi connectivity index (χ0) is 18.5. The smallest absolute Gasteiger partial charge is 0.391 e. The highest BCUT2D eigenvalue weighted by Gasteiger charge is 2.25. The van der Waals surface area contributed by atoms with E-state index in [1.165, 1.54) is 12.1 Å². The largest absolute Gasteiger partial charge is 0.445 e. The van der Waals surface area contributed by atoms with Gasteiger partial charge in [-0.3, -0.25) is 4.57 Å². The van der Waals surface area contributed by atoms with Gasteiger partial charge in [-0.05, 0) is 29.7 Å². The number of nitrogen functional groups attached to an aromatic ring is 1. The van der Waals surface area contributed by atoms with Crippen LogP contribution in [-0.2, 0) is 4.57 Å². The minimum atomic E-state index is -4.52. The zero-order valence-electron chi connectivity index (χ0n) is 13.3. The van der Waals surface area contributed by atoms with Crippen LogP contribution >= 0.6 is 19.2 Å². The molecule has 25 heavy (non-hydrogen) atoms. The number of nitrogens with zero attached hydrogens (tertiary/aromatic N) is 1. The maximum Gasteiger partial charge on any atom is 0.391 e. The molecule has 134 valence electrons. The Labute approximate surface area is 147 Å². The van der Waals surface area contributed by atoms with Crippen molar-refractivity contribution in [1.29, 1.82) is 0 Å². The van der Waals surface area contributed by atoms with Crippen molar-refractivity contribution in [2.24, 2.45) is 5.92 Å². The van der Waals surface area contributed by atoms with Gasteiger partial charge in [0.1, 0.15) is 11.3 Å². The van der Waals surface area contributed by atoms with Crippen LogP contribution in [0.15, 0.2) is 22.6 Å². The molecule has 0 saturated carbocycles. The Hall–Kier alpha value is -1.86. The molecule has 0 radical (unpaired) electrons. The van der Waals surface area contributed by atoms with E-state index in [4.69, 9.17) is 31.5 Å². The van der Waals surface area contributed by atoms with Gasteiger partial charge in [-0.25, -0.2) is 9.37 Å². The first-order valence-corrected chi connectivity index (χ1v) is 9.42. The fraction of sp³-hybridized carbons (Fsp3) is 0.267. The second-order valence-corrected chi connectivity index (χ2v) is 8.00. The standard InChI is InChI=1S/C15H16ClFN3O4P/c1-6(2)11(16)7-5-8(17)12(18)14-13(7)19-15(20-14)9-3-4-10(24-9)25(21,22)23/h3-6,11H,18H2,1-2H3,(H,19,20)(H2,21,22,23). The molecule has 1 atom stereocenters. The Morgan fingerprint density at radius 2 is 2.08 bits per heavy atom. The van der Waals surface area contributed by atoms with Crippen LogP contribution in [0, 0.1) is 11.7 Å². The van der Waals surface area contributed by atoms with E-state index in [1.54, 1.807) is 0 Å². The van der Waals surface area contributed by atoms with E-state index in [-0.39, 0.29) is 28.7 Å². The molecule has 3 rings (SSSR count). The summed E-state index contributed by atoms with van der Waals surface area (Å²) in [5.41, 5.74) is 6.28. The Balaban J connectivity index is 2.19. The second-order valence-electron chi connectivity index (χ2n) is 6.00. The van der Waals surface area contributed by atoms with Gasteiger partial charge < -0.3 is 24.9 Å². The van der Waals surface area contributed by atoms with Crippen molar-refractivity contribution in [2.75, 3.05) is 5.73 Å². The molecule has 0 fully saturated rings. The van der Waals surface area contributed by atoms with Gasteiger partial charge in [0.15, 0.2) is 11.6 Å². The first kappa shape index (κ1) is 17.9. The lowest BCUT2D eigenvalue weighted by molar-refractivity contribution is 0.377. The molecular formula is C15H16ClFN3O4P. The lowest BCUT2D eigenvalue weighted by Crippen LogP contribution is -2.03. The lowest BCUT2D eigenvalue weighted by atomic mass is 10.00. The molecular weight excluding hydrogens is 372 g/mol. The molecule has 0 bridgehead atoms. The molecule has 0 aliphatic rings. The highest BCUT2D eigenvalue weighted by molar-refractivity contribution is 7.59. The van der Waals surface area contributed by atoms with Crippen LogP contribution in [0.1, 0.15) is 24.8 Å². The van der Waals surface area contributed by atoms with Crippen molar-refractivity contribution >= 4 is 41.4 Å². The van der Waals surface area contributed by atoms with E-state index in [9.17, 15) is 8.96 Å². The number of benzene rings is 1. The first-order chi connectivity index (χ1) is 11.6. The molecule has 1 unspecified atom stereocenters. The van der Waals surface area contributed by atoms with Crippen molar-refractivity contribution in [2.45, 2.75) is 19.2 Å². The van der Waals surface area contributed by atoms with Crippen molar-refractivity contribution in [3.8, 4) is 11.6 Å². The van der Waals surface area contributed by atoms with Crippen LogP contribution in [0.5, 0.6) is 0 Å². The van der Waals surface area contributed by atoms with E-state index >= 15 is 0 Å². The fourth-order valence-corrected chi connectivity index (χ4v) is 3.14. The van der Waals surface area contributed by atoms with Crippen molar-refractivity contribution < 1.29 is 23.2 Å². The number of nitrogens with two attached hydrogens (primary N) is 1. The number of alkyl halides is 1. The van der Waals surface area contributed by atoms with Crippen LogP contribution in [0.4, 0.5) is 10.1 Å². The third-order valence-corrected chi connectivity index (χ3v) is 5.34. The summed E-state index contributed by atoms with van der Waals surface area (Å²) in [7, 11) is -4.52. The van der Waals surface area contributed by atoms with Crippen molar-refractivity contribution in [3.63, 3.8) is 0 Å². The number of nitrogens with one attached hydrogen (secondary N) is 1. The van der Waals surface area contributed by atoms with Crippen molar-refractivity contribution in [3.05, 3.63) is 29.6 Å². The van der Waals surface area contributed by atoms with E-state index in [0.717, 1.165) is 6.07 Å². The number of halogens is 2. The number of hydrogen-bond donors (Lipinski definition) is 4. The highest BCUT2D eigenvalue weighted by Crippen LogP contribution is 2.39. The molecule has 0 amide bonds. The van der Waals surface area contributed by atoms with Gasteiger partial charge in [-0.1, -0.05) is 13.8 Å². The van der Waals surface area contributed by atoms with Gasteiger partial charge in [0.25, 0.3) is 0 Å². The third kappa shape index (κ3) is 3.18. The normalized spacial score (nSPS) is 13.7. The molecule has 0 aliphatic carbocycles. The summed E-state index contributed by atoms with van der Waals surface area (Å²) in [5, 5.41) is -0.479. The highest BCUT2D eigenvalue weighted by atomic mass is 35.5.